The molecule has 6 heteroatoms. The van der Waals surface area contributed by atoms with Crippen molar-refractivity contribution in [3.05, 3.63) is 11.7 Å². The van der Waals surface area contributed by atoms with E-state index in [0.29, 0.717) is 43.1 Å². The minimum absolute atomic E-state index is 0.0125. The van der Waals surface area contributed by atoms with Gasteiger partial charge in [-0.25, -0.2) is 0 Å². The summed E-state index contributed by atoms with van der Waals surface area (Å²) in [5, 5.41) is 6.45. The number of carbonyl (C=O) groups excluding carboxylic acids is 1. The molecule has 108 valence electrons. The molecule has 0 spiro atoms. The molecule has 0 bridgehead atoms. The average molecular weight is 268 g/mol. The molecule has 1 heterocycles. The molecule has 0 saturated heterocycles. The number of nitrogens with one attached hydrogen (secondary N) is 1. The zero-order chi connectivity index (χ0) is 14.3. The van der Waals surface area contributed by atoms with Crippen molar-refractivity contribution in [2.75, 3.05) is 6.54 Å². The lowest BCUT2D eigenvalue weighted by Gasteiger charge is -2.19. The molecule has 1 atom stereocenters. The van der Waals surface area contributed by atoms with Crippen LogP contribution in [0.1, 0.15) is 44.8 Å². The number of aryl methyl sites for hydroxylation is 1. The van der Waals surface area contributed by atoms with Gasteiger partial charge < -0.3 is 15.6 Å². The molecule has 0 saturated carbocycles. The monoisotopic (exact) mass is 268 g/mol. The Kier molecular flexibility index (Phi) is 6.49. The molecule has 0 aliphatic heterocycles. The predicted octanol–water partition coefficient (Wildman–Crippen LogP) is 1.40. The van der Waals surface area contributed by atoms with Gasteiger partial charge in [0.1, 0.15) is 0 Å². The van der Waals surface area contributed by atoms with Crippen molar-refractivity contribution in [2.45, 2.75) is 46.6 Å². The Morgan fingerprint density at radius 2 is 2.16 bits per heavy atom. The lowest BCUT2D eigenvalue weighted by molar-refractivity contribution is -0.121. The first kappa shape index (κ1) is 15.6. The van der Waals surface area contributed by atoms with Crippen molar-refractivity contribution in [2.24, 2.45) is 17.6 Å². The molecule has 0 radical (unpaired) electrons. The van der Waals surface area contributed by atoms with Crippen LogP contribution in [0.2, 0.25) is 0 Å². The summed E-state index contributed by atoms with van der Waals surface area (Å²) in [5.74, 6) is 2.08. The van der Waals surface area contributed by atoms with Gasteiger partial charge in [0.15, 0.2) is 5.82 Å². The number of hydrogen-bond donors (Lipinski definition) is 2. The predicted molar refractivity (Wildman–Crippen MR) is 72.1 cm³/mol. The van der Waals surface area contributed by atoms with Gasteiger partial charge in [0.2, 0.25) is 11.8 Å². The van der Waals surface area contributed by atoms with Crippen LogP contribution in [0.4, 0.5) is 0 Å². The molecular formula is C13H24N4O2. The molecule has 1 unspecified atom stereocenters. The summed E-state index contributed by atoms with van der Waals surface area (Å²) in [7, 11) is 0. The largest absolute Gasteiger partial charge is 0.347 e. The van der Waals surface area contributed by atoms with E-state index in [1.807, 2.05) is 0 Å². The van der Waals surface area contributed by atoms with E-state index in [4.69, 9.17) is 10.3 Å². The van der Waals surface area contributed by atoms with Crippen LogP contribution >= 0.6 is 0 Å². The van der Waals surface area contributed by atoms with E-state index in [0.717, 1.165) is 12.8 Å². The molecule has 1 amide bonds. The van der Waals surface area contributed by atoms with Crippen molar-refractivity contribution in [3.63, 3.8) is 0 Å². The highest BCUT2D eigenvalue weighted by atomic mass is 16.5. The number of amides is 1. The summed E-state index contributed by atoms with van der Waals surface area (Å²) >= 11 is 0. The van der Waals surface area contributed by atoms with Gasteiger partial charge in [-0.05, 0) is 38.1 Å². The van der Waals surface area contributed by atoms with Gasteiger partial charge >= 0.3 is 0 Å². The van der Waals surface area contributed by atoms with Crippen molar-refractivity contribution in [1.29, 1.82) is 0 Å². The molecule has 1 rings (SSSR count). The van der Waals surface area contributed by atoms with E-state index < -0.39 is 0 Å². The summed E-state index contributed by atoms with van der Waals surface area (Å²) in [6.07, 6.45) is 2.34. The number of carbonyl (C=O) groups is 1. The summed E-state index contributed by atoms with van der Waals surface area (Å²) < 4.78 is 4.92. The average Bonchev–Trinajstić information content (AvgIpc) is 2.77. The molecule has 0 fully saturated rings. The van der Waals surface area contributed by atoms with Gasteiger partial charge in [0, 0.05) is 6.42 Å². The maximum absolute atomic E-state index is 11.7. The van der Waals surface area contributed by atoms with E-state index in [2.05, 4.69) is 29.3 Å². The second-order valence-electron chi connectivity index (χ2n) is 5.13. The first-order chi connectivity index (χ1) is 9.02. The highest BCUT2D eigenvalue weighted by molar-refractivity contribution is 5.75. The number of nitrogens with zero attached hydrogens (tertiary/aromatic N) is 2. The van der Waals surface area contributed by atoms with Gasteiger partial charge in [-0.1, -0.05) is 19.0 Å². The fraction of sp³-hybridized carbons (Fsp3) is 0.769. The van der Waals surface area contributed by atoms with Gasteiger partial charge in [0.05, 0.1) is 6.54 Å². The van der Waals surface area contributed by atoms with Crippen molar-refractivity contribution in [3.8, 4) is 0 Å². The maximum Gasteiger partial charge on any atom is 0.246 e. The zero-order valence-corrected chi connectivity index (χ0v) is 12.0. The van der Waals surface area contributed by atoms with E-state index >= 15 is 0 Å². The Morgan fingerprint density at radius 1 is 1.42 bits per heavy atom. The van der Waals surface area contributed by atoms with Gasteiger partial charge in [-0.15, -0.1) is 0 Å². The molecule has 0 aliphatic rings. The normalized spacial score (nSPS) is 12.7. The summed E-state index contributed by atoms with van der Waals surface area (Å²) in [5.41, 5.74) is 5.58. The lowest BCUT2D eigenvalue weighted by atomic mass is 9.88. The maximum atomic E-state index is 11.7. The smallest absolute Gasteiger partial charge is 0.246 e. The fourth-order valence-corrected chi connectivity index (χ4v) is 2.02. The van der Waals surface area contributed by atoms with Crippen LogP contribution in [0.5, 0.6) is 0 Å². The molecule has 0 aliphatic carbocycles. The Hall–Kier alpha value is -1.43. The first-order valence-corrected chi connectivity index (χ1v) is 6.79. The van der Waals surface area contributed by atoms with Crippen LogP contribution in [-0.4, -0.2) is 22.6 Å². The third-order valence-corrected chi connectivity index (χ3v) is 3.23. The lowest BCUT2D eigenvalue weighted by Crippen LogP contribution is -2.24. The van der Waals surface area contributed by atoms with Crippen LogP contribution in [0.25, 0.3) is 0 Å². The van der Waals surface area contributed by atoms with Gasteiger partial charge in [0.25, 0.3) is 0 Å². The standard InChI is InChI=1S/C13H24N4O2/c1-9(2)11(6-7-14)4-5-12(18)15-8-13-16-10(3)17-19-13/h9,11H,4-8,14H2,1-3H3,(H,15,18). The highest BCUT2D eigenvalue weighted by Crippen LogP contribution is 2.20. The zero-order valence-electron chi connectivity index (χ0n) is 12.0. The Morgan fingerprint density at radius 3 is 2.68 bits per heavy atom. The van der Waals surface area contributed by atoms with Crippen LogP contribution < -0.4 is 11.1 Å². The SMILES string of the molecule is Cc1noc(CNC(=O)CCC(CCN)C(C)C)n1. The minimum Gasteiger partial charge on any atom is -0.347 e. The molecule has 1 aromatic heterocycles. The van der Waals surface area contributed by atoms with Gasteiger partial charge in [-0.2, -0.15) is 4.98 Å². The Balaban J connectivity index is 2.27. The quantitative estimate of drug-likeness (QED) is 0.743. The molecule has 19 heavy (non-hydrogen) atoms. The first-order valence-electron chi connectivity index (χ1n) is 6.79. The highest BCUT2D eigenvalue weighted by Gasteiger charge is 2.14. The third kappa shape index (κ3) is 5.83. The fourth-order valence-electron chi connectivity index (χ4n) is 2.02. The molecule has 0 aromatic carbocycles. The van der Waals surface area contributed by atoms with E-state index in [1.165, 1.54) is 0 Å². The van der Waals surface area contributed by atoms with Crippen LogP contribution in [0.15, 0.2) is 4.52 Å². The van der Waals surface area contributed by atoms with E-state index in [1.54, 1.807) is 6.92 Å². The Labute approximate surface area is 114 Å². The van der Waals surface area contributed by atoms with Crippen LogP contribution in [0.3, 0.4) is 0 Å². The number of nitrogens with two attached hydrogens (primary N) is 1. The van der Waals surface area contributed by atoms with E-state index in [-0.39, 0.29) is 5.91 Å². The minimum atomic E-state index is 0.0125. The summed E-state index contributed by atoms with van der Waals surface area (Å²) in [6, 6.07) is 0. The number of rotatable bonds is 8. The van der Waals surface area contributed by atoms with Crippen LogP contribution in [-0.2, 0) is 11.3 Å². The topological polar surface area (TPSA) is 94.0 Å². The second-order valence-corrected chi connectivity index (χ2v) is 5.13. The molecular weight excluding hydrogens is 244 g/mol. The van der Waals surface area contributed by atoms with Gasteiger partial charge in [-0.3, -0.25) is 4.79 Å². The number of hydrogen-bond acceptors (Lipinski definition) is 5. The molecule has 1 aromatic rings. The number of aromatic nitrogens is 2. The Bertz CT molecular complexity index is 390. The van der Waals surface area contributed by atoms with Crippen molar-refractivity contribution in [1.82, 2.24) is 15.5 Å². The summed E-state index contributed by atoms with van der Waals surface area (Å²) in [6.45, 7) is 7.04. The van der Waals surface area contributed by atoms with E-state index in [9.17, 15) is 4.79 Å². The van der Waals surface area contributed by atoms with Crippen molar-refractivity contribution >= 4 is 5.91 Å². The second kappa shape index (κ2) is 7.89. The summed E-state index contributed by atoms with van der Waals surface area (Å²) in [4.78, 5) is 15.7. The molecule has 6 nitrogen and oxygen atoms in total. The molecule has 3 N–H and O–H groups in total. The van der Waals surface area contributed by atoms with Crippen LogP contribution in [0, 0.1) is 18.8 Å². The third-order valence-electron chi connectivity index (χ3n) is 3.23. The van der Waals surface area contributed by atoms with Crippen molar-refractivity contribution < 1.29 is 9.32 Å².